The average molecular weight is 268 g/mol. The molecule has 0 amide bonds. The van der Waals surface area contributed by atoms with Gasteiger partial charge in [-0.15, -0.1) is 0 Å². The van der Waals surface area contributed by atoms with Gasteiger partial charge in [-0.05, 0) is 49.9 Å². The number of fused-ring (bicyclic) bond motifs is 1. The Kier molecular flexibility index (Phi) is 4.16. The first-order chi connectivity index (χ1) is 9.13. The summed E-state index contributed by atoms with van der Waals surface area (Å²) in [6.45, 7) is 9.54. The third-order valence-corrected chi connectivity index (χ3v) is 5.38. The highest BCUT2D eigenvalue weighted by Crippen LogP contribution is 2.42. The van der Waals surface area contributed by atoms with E-state index in [0.717, 1.165) is 32.2 Å². The van der Waals surface area contributed by atoms with Gasteiger partial charge in [-0.2, -0.15) is 0 Å². The smallest absolute Gasteiger partial charge is 0.0845 e. The molecular formula is C16H28O3. The van der Waals surface area contributed by atoms with E-state index in [2.05, 4.69) is 20.8 Å². The first-order valence-corrected chi connectivity index (χ1v) is 7.98. The summed E-state index contributed by atoms with van der Waals surface area (Å²) in [4.78, 5) is 0. The van der Waals surface area contributed by atoms with E-state index < -0.39 is 0 Å². The molecule has 1 saturated carbocycles. The second-order valence-electron chi connectivity index (χ2n) is 7.08. The van der Waals surface area contributed by atoms with E-state index in [9.17, 15) is 0 Å². The van der Waals surface area contributed by atoms with E-state index in [1.54, 1.807) is 0 Å². The Bertz CT molecular complexity index is 300. The Hall–Kier alpha value is -0.120. The van der Waals surface area contributed by atoms with Gasteiger partial charge in [0.2, 0.25) is 0 Å². The van der Waals surface area contributed by atoms with Gasteiger partial charge in [-0.25, -0.2) is 0 Å². The molecule has 2 heterocycles. The Morgan fingerprint density at radius 1 is 0.895 bits per heavy atom. The zero-order valence-electron chi connectivity index (χ0n) is 12.5. The van der Waals surface area contributed by atoms with E-state index in [1.807, 2.05) is 0 Å². The lowest BCUT2D eigenvalue weighted by Gasteiger charge is -2.33. The minimum Gasteiger partial charge on any atom is -0.381 e. The highest BCUT2D eigenvalue weighted by atomic mass is 16.6. The molecule has 3 heteroatoms. The second-order valence-corrected chi connectivity index (χ2v) is 7.08. The molecule has 3 fully saturated rings. The van der Waals surface area contributed by atoms with Crippen molar-refractivity contribution in [3.05, 3.63) is 0 Å². The Labute approximate surface area is 117 Å². The van der Waals surface area contributed by atoms with Crippen LogP contribution in [0.25, 0.3) is 0 Å². The fourth-order valence-corrected chi connectivity index (χ4v) is 3.70. The first-order valence-electron chi connectivity index (χ1n) is 7.98. The van der Waals surface area contributed by atoms with Crippen molar-refractivity contribution in [1.82, 2.24) is 0 Å². The van der Waals surface area contributed by atoms with Crippen LogP contribution in [0.3, 0.4) is 0 Å². The predicted octanol–water partition coefficient (Wildman–Crippen LogP) is 2.88. The van der Waals surface area contributed by atoms with Crippen LogP contribution in [-0.2, 0) is 14.2 Å². The molecule has 0 radical (unpaired) electrons. The van der Waals surface area contributed by atoms with E-state index in [-0.39, 0.29) is 0 Å². The van der Waals surface area contributed by atoms with Crippen molar-refractivity contribution in [3.8, 4) is 0 Å². The summed E-state index contributed by atoms with van der Waals surface area (Å²) in [5, 5.41) is 0. The van der Waals surface area contributed by atoms with Crippen LogP contribution in [0.15, 0.2) is 0 Å². The lowest BCUT2D eigenvalue weighted by molar-refractivity contribution is -0.0615. The first kappa shape index (κ1) is 13.8. The summed E-state index contributed by atoms with van der Waals surface area (Å²) in [5.74, 6) is 2.77. The maximum Gasteiger partial charge on any atom is 0.0845 e. The van der Waals surface area contributed by atoms with E-state index in [0.29, 0.717) is 36.1 Å². The molecule has 3 aliphatic rings. The summed E-state index contributed by atoms with van der Waals surface area (Å²) in [7, 11) is 0. The Morgan fingerprint density at radius 3 is 2.37 bits per heavy atom. The highest BCUT2D eigenvalue weighted by Gasteiger charge is 2.46. The summed E-state index contributed by atoms with van der Waals surface area (Å²) < 4.78 is 17.4. The topological polar surface area (TPSA) is 31.0 Å². The van der Waals surface area contributed by atoms with Crippen LogP contribution in [0.1, 0.15) is 40.0 Å². The molecule has 0 N–H and O–H groups in total. The molecule has 2 aliphatic heterocycles. The molecule has 19 heavy (non-hydrogen) atoms. The van der Waals surface area contributed by atoms with Crippen LogP contribution in [0.5, 0.6) is 0 Å². The molecule has 0 bridgehead atoms. The molecule has 2 saturated heterocycles. The number of hydrogen-bond acceptors (Lipinski definition) is 3. The number of rotatable bonds is 4. The normalized spacial score (nSPS) is 49.7. The van der Waals surface area contributed by atoms with E-state index in [4.69, 9.17) is 14.2 Å². The minimum absolute atomic E-state index is 0.402. The molecule has 7 atom stereocenters. The van der Waals surface area contributed by atoms with Crippen LogP contribution >= 0.6 is 0 Å². The average Bonchev–Trinajstić information content (AvgIpc) is 3.11. The second kappa shape index (κ2) is 5.71. The number of hydrogen-bond donors (Lipinski definition) is 0. The van der Waals surface area contributed by atoms with Gasteiger partial charge in [0.25, 0.3) is 0 Å². The van der Waals surface area contributed by atoms with Crippen LogP contribution in [0, 0.1) is 23.7 Å². The molecule has 1 aliphatic carbocycles. The quantitative estimate of drug-likeness (QED) is 0.735. The van der Waals surface area contributed by atoms with Gasteiger partial charge in [0.15, 0.2) is 0 Å². The maximum atomic E-state index is 6.06. The monoisotopic (exact) mass is 268 g/mol. The standard InChI is InChI=1S/C16H28O3/c1-10-4-15-16(19-15)6-14(10)9-17-8-13-5-12(3)18-7-11(13)2/h10-16H,4-9H2,1-3H3. The van der Waals surface area contributed by atoms with Crippen molar-refractivity contribution in [2.75, 3.05) is 19.8 Å². The number of ether oxygens (including phenoxy) is 3. The van der Waals surface area contributed by atoms with Crippen molar-refractivity contribution in [2.24, 2.45) is 23.7 Å². The molecule has 0 aromatic carbocycles. The lowest BCUT2D eigenvalue weighted by Crippen LogP contribution is -2.34. The summed E-state index contributed by atoms with van der Waals surface area (Å²) in [6.07, 6.45) is 5.15. The lowest BCUT2D eigenvalue weighted by atomic mass is 9.81. The van der Waals surface area contributed by atoms with Gasteiger partial charge >= 0.3 is 0 Å². The molecular weight excluding hydrogens is 240 g/mol. The van der Waals surface area contributed by atoms with Gasteiger partial charge in [-0.1, -0.05) is 13.8 Å². The molecule has 110 valence electrons. The van der Waals surface area contributed by atoms with Gasteiger partial charge in [0, 0.05) is 19.8 Å². The minimum atomic E-state index is 0.402. The maximum absolute atomic E-state index is 6.06. The molecule has 0 aromatic heterocycles. The van der Waals surface area contributed by atoms with Crippen LogP contribution < -0.4 is 0 Å². The molecule has 0 spiro atoms. The molecule has 0 aromatic rings. The fourth-order valence-electron chi connectivity index (χ4n) is 3.70. The molecule has 3 nitrogen and oxygen atoms in total. The third-order valence-electron chi connectivity index (χ3n) is 5.38. The predicted molar refractivity (Wildman–Crippen MR) is 74.1 cm³/mol. The SMILES string of the molecule is CC1CC(COCC2CC3OC3CC2C)C(C)CO1. The third kappa shape index (κ3) is 3.32. The van der Waals surface area contributed by atoms with Crippen molar-refractivity contribution in [2.45, 2.75) is 58.3 Å². The summed E-state index contributed by atoms with van der Waals surface area (Å²) >= 11 is 0. The van der Waals surface area contributed by atoms with Gasteiger partial charge in [0.1, 0.15) is 0 Å². The van der Waals surface area contributed by atoms with Crippen LogP contribution in [0.4, 0.5) is 0 Å². The highest BCUT2D eigenvalue weighted by molar-refractivity contribution is 4.94. The van der Waals surface area contributed by atoms with Gasteiger partial charge in [-0.3, -0.25) is 0 Å². The zero-order valence-corrected chi connectivity index (χ0v) is 12.5. The molecule has 3 rings (SSSR count). The van der Waals surface area contributed by atoms with Gasteiger partial charge < -0.3 is 14.2 Å². The van der Waals surface area contributed by atoms with Crippen molar-refractivity contribution in [1.29, 1.82) is 0 Å². The van der Waals surface area contributed by atoms with Crippen molar-refractivity contribution < 1.29 is 14.2 Å². The Balaban J connectivity index is 1.39. The van der Waals surface area contributed by atoms with E-state index >= 15 is 0 Å². The van der Waals surface area contributed by atoms with E-state index in [1.165, 1.54) is 12.8 Å². The van der Waals surface area contributed by atoms with Crippen LogP contribution in [0.2, 0.25) is 0 Å². The summed E-state index contributed by atoms with van der Waals surface area (Å²) in [6, 6.07) is 0. The van der Waals surface area contributed by atoms with Crippen molar-refractivity contribution in [3.63, 3.8) is 0 Å². The molecule has 7 unspecified atom stereocenters. The largest absolute Gasteiger partial charge is 0.381 e. The fraction of sp³-hybridized carbons (Fsp3) is 1.00. The van der Waals surface area contributed by atoms with Crippen LogP contribution in [-0.4, -0.2) is 38.1 Å². The summed E-state index contributed by atoms with van der Waals surface area (Å²) in [5.41, 5.74) is 0. The number of epoxide rings is 1. The zero-order chi connectivity index (χ0) is 13.4. The Morgan fingerprint density at radius 2 is 1.58 bits per heavy atom. The van der Waals surface area contributed by atoms with Crippen molar-refractivity contribution >= 4 is 0 Å². The van der Waals surface area contributed by atoms with Gasteiger partial charge in [0.05, 0.1) is 18.3 Å².